The van der Waals surface area contributed by atoms with E-state index in [2.05, 4.69) is 24.0 Å². The molecule has 0 saturated heterocycles. The standard InChI is InChI=1S/C27H34N2O3/c1-17(29-32-25(31)18-5-4-14-28-16-18)22-8-9-23-21-7-6-19-15-20(30)10-12-26(19,2)24(21)11-13-27(22,23)3/h4-5,14-16,21-24H,6-13H2,1-3H3/b29-17+/t21-,22+,23-,24-,26-,27+/m0/s1. The number of hydrogen-bond donors (Lipinski definition) is 0. The quantitative estimate of drug-likeness (QED) is 0.344. The summed E-state index contributed by atoms with van der Waals surface area (Å²) in [6, 6.07) is 3.42. The summed E-state index contributed by atoms with van der Waals surface area (Å²) in [5.74, 6) is 2.32. The maximum atomic E-state index is 12.3. The molecule has 6 atom stereocenters. The van der Waals surface area contributed by atoms with Crippen LogP contribution in [0.1, 0.15) is 82.5 Å². The summed E-state index contributed by atoms with van der Waals surface area (Å²) in [5.41, 5.74) is 3.20. The molecule has 4 aliphatic rings. The second kappa shape index (κ2) is 7.93. The number of nitrogens with zero attached hydrogens (tertiary/aromatic N) is 2. The van der Waals surface area contributed by atoms with Crippen LogP contribution in [-0.4, -0.2) is 22.4 Å². The Morgan fingerprint density at radius 3 is 2.75 bits per heavy atom. The lowest BCUT2D eigenvalue weighted by atomic mass is 9.46. The third kappa shape index (κ3) is 3.36. The molecule has 0 aliphatic heterocycles. The number of carbonyl (C=O) groups is 2. The molecular weight excluding hydrogens is 400 g/mol. The minimum atomic E-state index is -0.452. The summed E-state index contributed by atoms with van der Waals surface area (Å²) in [4.78, 5) is 33.6. The molecule has 0 N–H and O–H groups in total. The molecule has 1 aromatic heterocycles. The first-order valence-corrected chi connectivity index (χ1v) is 12.2. The molecule has 0 radical (unpaired) electrons. The molecule has 0 spiro atoms. The fourth-order valence-electron chi connectivity index (χ4n) is 7.96. The van der Waals surface area contributed by atoms with Gasteiger partial charge < -0.3 is 4.84 Å². The zero-order valence-corrected chi connectivity index (χ0v) is 19.5. The normalized spacial score (nSPS) is 38.9. The minimum absolute atomic E-state index is 0.206. The molecule has 0 amide bonds. The third-order valence-electron chi connectivity index (χ3n) is 9.64. The van der Waals surface area contributed by atoms with E-state index in [0.29, 0.717) is 35.5 Å². The van der Waals surface area contributed by atoms with E-state index in [1.54, 1.807) is 18.3 Å². The highest BCUT2D eigenvalue weighted by atomic mass is 16.7. The number of hydrogen-bond acceptors (Lipinski definition) is 5. The lowest BCUT2D eigenvalue weighted by Gasteiger charge is -2.58. The molecule has 0 aromatic carbocycles. The van der Waals surface area contributed by atoms with Gasteiger partial charge in [-0.2, -0.15) is 0 Å². The van der Waals surface area contributed by atoms with E-state index in [0.717, 1.165) is 30.9 Å². The first-order chi connectivity index (χ1) is 15.3. The zero-order valence-electron chi connectivity index (χ0n) is 19.5. The van der Waals surface area contributed by atoms with Crippen LogP contribution in [0, 0.1) is 34.5 Å². The van der Waals surface area contributed by atoms with E-state index in [9.17, 15) is 9.59 Å². The predicted molar refractivity (Wildman–Crippen MR) is 123 cm³/mol. The van der Waals surface area contributed by atoms with Gasteiger partial charge in [-0.05, 0) is 98.7 Å². The molecule has 5 heteroatoms. The van der Waals surface area contributed by atoms with Gasteiger partial charge in [0.05, 0.1) is 11.3 Å². The first kappa shape index (κ1) is 21.5. The third-order valence-corrected chi connectivity index (χ3v) is 9.64. The molecule has 3 saturated carbocycles. The lowest BCUT2D eigenvalue weighted by molar-refractivity contribution is -0.117. The predicted octanol–water partition coefficient (Wildman–Crippen LogP) is 5.76. The Bertz CT molecular complexity index is 984. The number of pyridine rings is 1. The zero-order chi connectivity index (χ0) is 22.5. The van der Waals surface area contributed by atoms with Crippen molar-refractivity contribution in [3.8, 4) is 0 Å². The Hall–Kier alpha value is -2.30. The van der Waals surface area contributed by atoms with E-state index in [4.69, 9.17) is 4.84 Å². The van der Waals surface area contributed by atoms with Crippen molar-refractivity contribution in [2.75, 3.05) is 0 Å². The van der Waals surface area contributed by atoms with Crippen LogP contribution in [0.2, 0.25) is 0 Å². The summed E-state index contributed by atoms with van der Waals surface area (Å²) < 4.78 is 0. The van der Waals surface area contributed by atoms with Gasteiger partial charge >= 0.3 is 5.97 Å². The van der Waals surface area contributed by atoms with Crippen LogP contribution in [0.15, 0.2) is 41.3 Å². The number of oxime groups is 1. The van der Waals surface area contributed by atoms with Crippen molar-refractivity contribution in [3.05, 3.63) is 41.7 Å². The number of rotatable bonds is 3. The number of fused-ring (bicyclic) bond motifs is 5. The van der Waals surface area contributed by atoms with Crippen LogP contribution in [0.25, 0.3) is 0 Å². The van der Waals surface area contributed by atoms with Crippen molar-refractivity contribution in [2.45, 2.75) is 72.1 Å². The van der Waals surface area contributed by atoms with Crippen LogP contribution in [-0.2, 0) is 9.63 Å². The van der Waals surface area contributed by atoms with Crippen molar-refractivity contribution >= 4 is 17.5 Å². The maximum Gasteiger partial charge on any atom is 0.367 e. The van der Waals surface area contributed by atoms with E-state index in [1.807, 2.05) is 13.0 Å². The van der Waals surface area contributed by atoms with E-state index in [-0.39, 0.29) is 10.8 Å². The van der Waals surface area contributed by atoms with Crippen LogP contribution < -0.4 is 0 Å². The second-order valence-corrected chi connectivity index (χ2v) is 11.0. The van der Waals surface area contributed by atoms with E-state index >= 15 is 0 Å². The number of allylic oxidation sites excluding steroid dienone is 1. The lowest BCUT2D eigenvalue weighted by Crippen LogP contribution is -2.51. The number of aromatic nitrogens is 1. The summed E-state index contributed by atoms with van der Waals surface area (Å²) in [6.45, 7) is 6.91. The van der Waals surface area contributed by atoms with Crippen LogP contribution in [0.5, 0.6) is 0 Å². The van der Waals surface area contributed by atoms with Gasteiger partial charge in [0.15, 0.2) is 5.78 Å². The Morgan fingerprint density at radius 1 is 1.12 bits per heavy atom. The second-order valence-electron chi connectivity index (χ2n) is 11.0. The molecule has 32 heavy (non-hydrogen) atoms. The van der Waals surface area contributed by atoms with Crippen LogP contribution in [0.4, 0.5) is 0 Å². The molecular formula is C27H34N2O3. The smallest absolute Gasteiger partial charge is 0.313 e. The monoisotopic (exact) mass is 434 g/mol. The average molecular weight is 435 g/mol. The van der Waals surface area contributed by atoms with Crippen molar-refractivity contribution in [1.82, 2.24) is 4.98 Å². The molecule has 5 rings (SSSR count). The van der Waals surface area contributed by atoms with Gasteiger partial charge in [0.2, 0.25) is 0 Å². The highest BCUT2D eigenvalue weighted by Crippen LogP contribution is 2.66. The van der Waals surface area contributed by atoms with Crippen LogP contribution in [0.3, 0.4) is 0 Å². The van der Waals surface area contributed by atoms with Crippen molar-refractivity contribution < 1.29 is 14.4 Å². The molecule has 170 valence electrons. The van der Waals surface area contributed by atoms with Gasteiger partial charge in [0.25, 0.3) is 0 Å². The van der Waals surface area contributed by atoms with E-state index in [1.165, 1.54) is 37.5 Å². The van der Waals surface area contributed by atoms with Gasteiger partial charge in [-0.1, -0.05) is 24.6 Å². The Kier molecular flexibility index (Phi) is 5.34. The average Bonchev–Trinajstić information content (AvgIpc) is 3.15. The minimum Gasteiger partial charge on any atom is -0.313 e. The molecule has 0 bridgehead atoms. The largest absolute Gasteiger partial charge is 0.367 e. The fraction of sp³-hybridized carbons (Fsp3) is 0.630. The van der Waals surface area contributed by atoms with Crippen molar-refractivity contribution in [1.29, 1.82) is 0 Å². The Morgan fingerprint density at radius 2 is 1.97 bits per heavy atom. The summed E-state index contributed by atoms with van der Waals surface area (Å²) in [5, 5.41) is 4.30. The Labute approximate surface area is 190 Å². The van der Waals surface area contributed by atoms with Gasteiger partial charge in [0, 0.05) is 24.7 Å². The van der Waals surface area contributed by atoms with Crippen molar-refractivity contribution in [3.63, 3.8) is 0 Å². The van der Waals surface area contributed by atoms with Crippen LogP contribution >= 0.6 is 0 Å². The van der Waals surface area contributed by atoms with Crippen molar-refractivity contribution in [2.24, 2.45) is 39.7 Å². The molecule has 0 unspecified atom stereocenters. The molecule has 5 nitrogen and oxygen atoms in total. The SMILES string of the molecule is C/C(=N\OC(=O)c1cccnc1)[C@H]1CC[C@H]2[C@@H]3CCC4=CC(=O)CC[C@]4(C)[C@H]3CC[C@]12C. The van der Waals surface area contributed by atoms with E-state index < -0.39 is 5.97 Å². The molecule has 3 fully saturated rings. The van der Waals surface area contributed by atoms with Gasteiger partial charge in [-0.25, -0.2) is 4.79 Å². The topological polar surface area (TPSA) is 68.6 Å². The first-order valence-electron chi connectivity index (χ1n) is 12.2. The van der Waals surface area contributed by atoms with Gasteiger partial charge in [-0.3, -0.25) is 9.78 Å². The summed E-state index contributed by atoms with van der Waals surface area (Å²) in [6.07, 6.45) is 13.9. The summed E-state index contributed by atoms with van der Waals surface area (Å²) >= 11 is 0. The van der Waals surface area contributed by atoms with Gasteiger partial charge in [-0.15, -0.1) is 0 Å². The number of ketones is 1. The Balaban J connectivity index is 1.33. The molecule has 1 aromatic rings. The maximum absolute atomic E-state index is 12.3. The van der Waals surface area contributed by atoms with Gasteiger partial charge in [0.1, 0.15) is 0 Å². The molecule has 4 aliphatic carbocycles. The number of carbonyl (C=O) groups excluding carboxylic acids is 2. The fourth-order valence-corrected chi connectivity index (χ4v) is 7.96. The highest BCUT2D eigenvalue weighted by Gasteiger charge is 2.59. The highest BCUT2D eigenvalue weighted by molar-refractivity contribution is 5.92. The molecule has 1 heterocycles. The summed E-state index contributed by atoms with van der Waals surface area (Å²) in [7, 11) is 0.